The summed E-state index contributed by atoms with van der Waals surface area (Å²) < 4.78 is 24.1. The van der Waals surface area contributed by atoms with Crippen LogP contribution in [0, 0.1) is 5.82 Å². The van der Waals surface area contributed by atoms with Gasteiger partial charge in [-0.1, -0.05) is 28.8 Å². The van der Waals surface area contributed by atoms with Gasteiger partial charge in [0.05, 0.1) is 13.7 Å². The minimum atomic E-state index is -0.297. The van der Waals surface area contributed by atoms with E-state index in [9.17, 15) is 4.39 Å². The Hall–Kier alpha value is -3.07. The Morgan fingerprint density at radius 2 is 2.00 bits per heavy atom. The van der Waals surface area contributed by atoms with Crippen LogP contribution in [-0.4, -0.2) is 27.4 Å². The molecule has 3 N–H and O–H groups in total. The van der Waals surface area contributed by atoms with E-state index in [2.05, 4.69) is 21.0 Å². The monoisotopic (exact) mass is 378 g/mol. The number of hydrogen-bond acceptors (Lipinski definition) is 7. The third kappa shape index (κ3) is 4.12. The van der Waals surface area contributed by atoms with Gasteiger partial charge in [0.15, 0.2) is 11.5 Å². The lowest BCUT2D eigenvalue weighted by atomic mass is 10.2. The maximum absolute atomic E-state index is 13.0. The van der Waals surface area contributed by atoms with E-state index in [1.165, 1.54) is 24.0 Å². The number of aromatic nitrogens is 4. The van der Waals surface area contributed by atoms with E-state index in [-0.39, 0.29) is 18.4 Å². The molecule has 26 heavy (non-hydrogen) atoms. The maximum atomic E-state index is 13.0. The molecular formula is C16H16ClFN6O2. The van der Waals surface area contributed by atoms with E-state index >= 15 is 0 Å². The van der Waals surface area contributed by atoms with Gasteiger partial charge in [-0.2, -0.15) is 0 Å². The molecule has 0 saturated carbocycles. The van der Waals surface area contributed by atoms with Crippen LogP contribution < -0.4 is 20.6 Å². The van der Waals surface area contributed by atoms with Crippen LogP contribution in [0.5, 0.6) is 11.5 Å². The predicted molar refractivity (Wildman–Crippen MR) is 94.0 cm³/mol. The first-order valence-corrected chi connectivity index (χ1v) is 7.96. The van der Waals surface area contributed by atoms with Crippen molar-refractivity contribution >= 4 is 17.5 Å². The van der Waals surface area contributed by atoms with Crippen LogP contribution >= 0.6 is 11.6 Å². The number of benzene rings is 2. The molecule has 3 rings (SSSR count). The van der Waals surface area contributed by atoms with E-state index in [1.54, 1.807) is 24.3 Å². The highest BCUT2D eigenvalue weighted by Crippen LogP contribution is 2.34. The number of hydrogen-bond donors (Lipinski definition) is 2. The number of nitrogens with one attached hydrogen (secondary N) is 1. The fourth-order valence-corrected chi connectivity index (χ4v) is 2.41. The van der Waals surface area contributed by atoms with Crippen LogP contribution in [0.2, 0.25) is 5.02 Å². The summed E-state index contributed by atoms with van der Waals surface area (Å²) in [6, 6.07) is 9.46. The molecule has 1 aromatic heterocycles. The lowest BCUT2D eigenvalue weighted by Crippen LogP contribution is -2.18. The SMILES string of the molecule is COc1cc(CNn2nnnc2N)c(Cl)cc1OCc1ccc(F)cc1. The number of anilines is 1. The van der Waals surface area contributed by atoms with Crippen LogP contribution in [0.3, 0.4) is 0 Å². The van der Waals surface area contributed by atoms with Gasteiger partial charge in [-0.25, -0.2) is 4.39 Å². The van der Waals surface area contributed by atoms with E-state index in [1.807, 2.05) is 0 Å². The van der Waals surface area contributed by atoms with Gasteiger partial charge in [0.2, 0.25) is 0 Å². The Bertz CT molecular complexity index is 887. The topological polar surface area (TPSA) is 100 Å². The first-order chi connectivity index (χ1) is 12.6. The highest BCUT2D eigenvalue weighted by Gasteiger charge is 2.12. The maximum Gasteiger partial charge on any atom is 0.260 e. The van der Waals surface area contributed by atoms with E-state index in [4.69, 9.17) is 26.8 Å². The van der Waals surface area contributed by atoms with Crippen molar-refractivity contribution in [3.63, 3.8) is 0 Å². The van der Waals surface area contributed by atoms with Gasteiger partial charge in [0.1, 0.15) is 12.4 Å². The quantitative estimate of drug-likeness (QED) is 0.651. The van der Waals surface area contributed by atoms with E-state index < -0.39 is 0 Å². The minimum Gasteiger partial charge on any atom is -0.493 e. The van der Waals surface area contributed by atoms with Gasteiger partial charge in [0, 0.05) is 11.1 Å². The highest BCUT2D eigenvalue weighted by molar-refractivity contribution is 6.31. The summed E-state index contributed by atoms with van der Waals surface area (Å²) in [4.78, 5) is 1.24. The number of rotatable bonds is 7. The van der Waals surface area contributed by atoms with Gasteiger partial charge >= 0.3 is 0 Å². The Morgan fingerprint density at radius 3 is 2.65 bits per heavy atom. The van der Waals surface area contributed by atoms with Gasteiger partial charge in [-0.3, -0.25) is 0 Å². The smallest absolute Gasteiger partial charge is 0.260 e. The van der Waals surface area contributed by atoms with E-state index in [0.29, 0.717) is 23.1 Å². The average Bonchev–Trinajstić information content (AvgIpc) is 3.05. The molecule has 0 aliphatic carbocycles. The zero-order chi connectivity index (χ0) is 18.5. The van der Waals surface area contributed by atoms with Gasteiger partial charge in [-0.15, -0.1) is 4.79 Å². The number of nitrogen functional groups attached to an aromatic ring is 1. The summed E-state index contributed by atoms with van der Waals surface area (Å²) in [6.45, 7) is 0.578. The van der Waals surface area contributed by atoms with Crippen LogP contribution in [-0.2, 0) is 13.2 Å². The number of nitrogens with zero attached hydrogens (tertiary/aromatic N) is 4. The molecule has 0 bridgehead atoms. The number of methoxy groups -OCH3 is 1. The summed E-state index contributed by atoms with van der Waals surface area (Å²) in [7, 11) is 1.53. The zero-order valence-electron chi connectivity index (χ0n) is 13.8. The largest absolute Gasteiger partial charge is 0.493 e. The number of ether oxygens (including phenoxy) is 2. The normalized spacial score (nSPS) is 10.6. The Kier molecular flexibility index (Phi) is 5.37. The molecule has 0 unspecified atom stereocenters. The molecule has 136 valence electrons. The fraction of sp³-hybridized carbons (Fsp3) is 0.188. The second-order valence-corrected chi connectivity index (χ2v) is 5.70. The Labute approximate surface area is 153 Å². The molecule has 10 heteroatoms. The summed E-state index contributed by atoms with van der Waals surface area (Å²) in [5, 5.41) is 11.2. The van der Waals surface area contributed by atoms with Crippen molar-refractivity contribution in [1.29, 1.82) is 0 Å². The second-order valence-electron chi connectivity index (χ2n) is 5.29. The molecule has 0 spiro atoms. The summed E-state index contributed by atoms with van der Waals surface area (Å²) in [6.07, 6.45) is 0. The van der Waals surface area contributed by atoms with Crippen LogP contribution in [0.25, 0.3) is 0 Å². The molecule has 0 atom stereocenters. The number of halogens is 2. The third-order valence-corrected chi connectivity index (χ3v) is 3.91. The van der Waals surface area contributed by atoms with Crippen molar-refractivity contribution in [2.45, 2.75) is 13.2 Å². The predicted octanol–water partition coefficient (Wildman–Crippen LogP) is 2.38. The molecule has 1 heterocycles. The van der Waals surface area contributed by atoms with Crippen LogP contribution in [0.1, 0.15) is 11.1 Å². The lowest BCUT2D eigenvalue weighted by Gasteiger charge is -2.14. The third-order valence-electron chi connectivity index (χ3n) is 3.55. The number of tetrazole rings is 1. The summed E-state index contributed by atoms with van der Waals surface area (Å²) in [5.41, 5.74) is 10.1. The first-order valence-electron chi connectivity index (χ1n) is 7.58. The number of nitrogens with two attached hydrogens (primary N) is 1. The molecule has 3 aromatic rings. The summed E-state index contributed by atoms with van der Waals surface area (Å²) in [5.74, 6) is 0.826. The molecule has 0 saturated heterocycles. The second kappa shape index (κ2) is 7.87. The first kappa shape index (κ1) is 17.7. The molecule has 0 aliphatic heterocycles. The molecule has 0 amide bonds. The van der Waals surface area contributed by atoms with Crippen molar-refractivity contribution in [3.05, 3.63) is 58.4 Å². The molecule has 0 aliphatic rings. The molecule has 8 nitrogen and oxygen atoms in total. The average molecular weight is 379 g/mol. The molecular weight excluding hydrogens is 363 g/mol. The van der Waals surface area contributed by atoms with Gasteiger partial charge in [-0.05, 0) is 39.8 Å². The van der Waals surface area contributed by atoms with Crippen molar-refractivity contribution < 1.29 is 13.9 Å². The fourth-order valence-electron chi connectivity index (χ4n) is 2.19. The van der Waals surface area contributed by atoms with Crippen molar-refractivity contribution in [2.75, 3.05) is 18.3 Å². The van der Waals surface area contributed by atoms with Gasteiger partial charge in [0.25, 0.3) is 5.95 Å². The van der Waals surface area contributed by atoms with Crippen LogP contribution in [0.15, 0.2) is 36.4 Å². The molecule has 2 aromatic carbocycles. The van der Waals surface area contributed by atoms with Crippen molar-refractivity contribution in [2.24, 2.45) is 0 Å². The molecule has 0 radical (unpaired) electrons. The van der Waals surface area contributed by atoms with Gasteiger partial charge < -0.3 is 20.6 Å². The van der Waals surface area contributed by atoms with E-state index in [0.717, 1.165) is 11.1 Å². The van der Waals surface area contributed by atoms with Crippen molar-refractivity contribution in [1.82, 2.24) is 20.3 Å². The highest BCUT2D eigenvalue weighted by atomic mass is 35.5. The Balaban J connectivity index is 1.71. The standard InChI is InChI=1S/C16H16ClFN6O2/c1-25-14-6-11(8-20-24-16(19)21-22-23-24)13(17)7-15(14)26-9-10-2-4-12(18)5-3-10/h2-7,20H,8-9H2,1H3,(H2,19,21,23). The lowest BCUT2D eigenvalue weighted by molar-refractivity contribution is 0.284. The van der Waals surface area contributed by atoms with Crippen molar-refractivity contribution in [3.8, 4) is 11.5 Å². The minimum absolute atomic E-state index is 0.132. The zero-order valence-corrected chi connectivity index (χ0v) is 14.6. The van der Waals surface area contributed by atoms with Crippen LogP contribution in [0.4, 0.5) is 10.3 Å². The molecule has 0 fully saturated rings. The summed E-state index contributed by atoms with van der Waals surface area (Å²) >= 11 is 6.32. The Morgan fingerprint density at radius 1 is 1.23 bits per heavy atom.